The number of aryl methyl sites for hydroxylation is 1. The second-order valence-electron chi connectivity index (χ2n) is 7.50. The maximum Gasteiger partial charge on any atom is 0.257 e. The number of nitrogens with one attached hydrogen (secondary N) is 1. The molecule has 1 fully saturated rings. The van der Waals surface area contributed by atoms with Gasteiger partial charge < -0.3 is 14.6 Å². The van der Waals surface area contributed by atoms with Gasteiger partial charge in [0.2, 0.25) is 0 Å². The molecule has 0 spiro atoms. The zero-order valence-electron chi connectivity index (χ0n) is 17.0. The Kier molecular flexibility index (Phi) is 5.79. The third-order valence-electron chi connectivity index (χ3n) is 5.38. The van der Waals surface area contributed by atoms with Crippen molar-refractivity contribution in [2.75, 3.05) is 31.6 Å². The van der Waals surface area contributed by atoms with Gasteiger partial charge in [-0.3, -0.25) is 9.69 Å². The SMILES string of the molecule is Cc1cc(C(=O)Nc2cccc(CN3CCOCC3)c2)c(C)n1-c1ccccc1. The van der Waals surface area contributed by atoms with Crippen molar-refractivity contribution in [1.82, 2.24) is 9.47 Å². The first kappa shape index (κ1) is 19.4. The van der Waals surface area contributed by atoms with Gasteiger partial charge in [0, 0.05) is 42.4 Å². The van der Waals surface area contributed by atoms with E-state index in [1.165, 1.54) is 5.56 Å². The Morgan fingerprint density at radius 2 is 1.76 bits per heavy atom. The Hall–Kier alpha value is -2.89. The molecule has 0 radical (unpaired) electrons. The second-order valence-corrected chi connectivity index (χ2v) is 7.50. The minimum Gasteiger partial charge on any atom is -0.379 e. The van der Waals surface area contributed by atoms with E-state index in [2.05, 4.69) is 39.0 Å². The van der Waals surface area contributed by atoms with Crippen LogP contribution in [0.1, 0.15) is 27.3 Å². The summed E-state index contributed by atoms with van der Waals surface area (Å²) in [6.07, 6.45) is 0. The molecule has 1 saturated heterocycles. The van der Waals surface area contributed by atoms with Crippen molar-refractivity contribution in [2.24, 2.45) is 0 Å². The summed E-state index contributed by atoms with van der Waals surface area (Å²) in [7, 11) is 0. The van der Waals surface area contributed by atoms with E-state index in [0.717, 1.165) is 55.6 Å². The van der Waals surface area contributed by atoms with Crippen LogP contribution in [0.25, 0.3) is 5.69 Å². The summed E-state index contributed by atoms with van der Waals surface area (Å²) >= 11 is 0. The van der Waals surface area contributed by atoms with Crippen molar-refractivity contribution in [2.45, 2.75) is 20.4 Å². The third kappa shape index (κ3) is 4.42. The van der Waals surface area contributed by atoms with E-state index in [4.69, 9.17) is 4.74 Å². The molecule has 0 bridgehead atoms. The van der Waals surface area contributed by atoms with E-state index < -0.39 is 0 Å². The first-order valence-corrected chi connectivity index (χ1v) is 10.1. The third-order valence-corrected chi connectivity index (χ3v) is 5.38. The molecule has 5 heteroatoms. The predicted octanol–water partition coefficient (Wildman–Crippen LogP) is 4.18. The molecule has 2 aromatic carbocycles. The molecule has 29 heavy (non-hydrogen) atoms. The van der Waals surface area contributed by atoms with Gasteiger partial charge in [0.15, 0.2) is 0 Å². The van der Waals surface area contributed by atoms with Crippen molar-refractivity contribution in [3.63, 3.8) is 0 Å². The van der Waals surface area contributed by atoms with Crippen LogP contribution in [-0.4, -0.2) is 41.7 Å². The quantitative estimate of drug-likeness (QED) is 0.712. The molecule has 3 aromatic rings. The number of carbonyl (C=O) groups excluding carboxylic acids is 1. The number of amides is 1. The number of hydrogen-bond acceptors (Lipinski definition) is 3. The Balaban J connectivity index is 1.51. The van der Waals surface area contributed by atoms with Gasteiger partial charge in [-0.2, -0.15) is 0 Å². The molecule has 0 aliphatic carbocycles. The van der Waals surface area contributed by atoms with Gasteiger partial charge in [0.25, 0.3) is 5.91 Å². The fourth-order valence-electron chi connectivity index (χ4n) is 3.93. The Labute approximate surface area is 171 Å². The predicted molar refractivity (Wildman–Crippen MR) is 116 cm³/mol. The van der Waals surface area contributed by atoms with Gasteiger partial charge >= 0.3 is 0 Å². The fraction of sp³-hybridized carbons (Fsp3) is 0.292. The molecule has 0 unspecified atom stereocenters. The lowest BCUT2D eigenvalue weighted by Crippen LogP contribution is -2.35. The van der Waals surface area contributed by atoms with Crippen molar-refractivity contribution in [3.8, 4) is 5.69 Å². The van der Waals surface area contributed by atoms with Crippen LogP contribution in [0.3, 0.4) is 0 Å². The first-order valence-electron chi connectivity index (χ1n) is 10.1. The Bertz CT molecular complexity index is 989. The molecule has 2 heterocycles. The minimum absolute atomic E-state index is 0.0798. The van der Waals surface area contributed by atoms with E-state index in [-0.39, 0.29) is 5.91 Å². The molecule has 1 amide bonds. The largest absolute Gasteiger partial charge is 0.379 e. The summed E-state index contributed by atoms with van der Waals surface area (Å²) in [5.41, 5.74) is 5.76. The molecular weight excluding hydrogens is 362 g/mol. The highest BCUT2D eigenvalue weighted by Crippen LogP contribution is 2.22. The van der Waals surface area contributed by atoms with Crippen LogP contribution < -0.4 is 5.32 Å². The first-order chi connectivity index (χ1) is 14.1. The summed E-state index contributed by atoms with van der Waals surface area (Å²) in [4.78, 5) is 15.4. The second kappa shape index (κ2) is 8.64. The smallest absolute Gasteiger partial charge is 0.257 e. The number of aromatic nitrogens is 1. The highest BCUT2D eigenvalue weighted by Gasteiger charge is 2.17. The van der Waals surface area contributed by atoms with Crippen molar-refractivity contribution in [1.29, 1.82) is 0 Å². The number of anilines is 1. The van der Waals surface area contributed by atoms with E-state index in [1.54, 1.807) is 0 Å². The molecule has 1 N–H and O–H groups in total. The van der Waals surface area contributed by atoms with Crippen LogP contribution in [-0.2, 0) is 11.3 Å². The van der Waals surface area contributed by atoms with Crippen LogP contribution in [0, 0.1) is 13.8 Å². The molecule has 4 rings (SSSR count). The van der Waals surface area contributed by atoms with Crippen molar-refractivity contribution < 1.29 is 9.53 Å². The fourth-order valence-corrected chi connectivity index (χ4v) is 3.93. The molecule has 0 atom stereocenters. The summed E-state index contributed by atoms with van der Waals surface area (Å²) < 4.78 is 7.53. The van der Waals surface area contributed by atoms with Gasteiger partial charge in [-0.15, -0.1) is 0 Å². The van der Waals surface area contributed by atoms with Gasteiger partial charge in [0.1, 0.15) is 0 Å². The molecule has 0 saturated carbocycles. The van der Waals surface area contributed by atoms with Crippen molar-refractivity contribution in [3.05, 3.63) is 83.2 Å². The molecule has 1 aliphatic heterocycles. The number of para-hydroxylation sites is 1. The molecule has 5 nitrogen and oxygen atoms in total. The van der Waals surface area contributed by atoms with Gasteiger partial charge in [-0.05, 0) is 49.7 Å². The van der Waals surface area contributed by atoms with Crippen molar-refractivity contribution >= 4 is 11.6 Å². The maximum absolute atomic E-state index is 13.0. The van der Waals surface area contributed by atoms with Crippen LogP contribution in [0.4, 0.5) is 5.69 Å². The van der Waals surface area contributed by atoms with E-state index in [1.807, 2.05) is 50.2 Å². The van der Waals surface area contributed by atoms with Crippen LogP contribution in [0.5, 0.6) is 0 Å². The lowest BCUT2D eigenvalue weighted by atomic mass is 10.1. The zero-order valence-corrected chi connectivity index (χ0v) is 17.0. The Morgan fingerprint density at radius 3 is 2.52 bits per heavy atom. The summed E-state index contributed by atoms with van der Waals surface area (Å²) in [5, 5.41) is 3.07. The average Bonchev–Trinajstić information content (AvgIpc) is 3.04. The van der Waals surface area contributed by atoms with E-state index in [9.17, 15) is 4.79 Å². The van der Waals surface area contributed by atoms with Gasteiger partial charge in [-0.1, -0.05) is 30.3 Å². The normalized spacial score (nSPS) is 14.7. The Morgan fingerprint density at radius 1 is 1.00 bits per heavy atom. The highest BCUT2D eigenvalue weighted by molar-refractivity contribution is 6.05. The standard InChI is InChI=1S/C24H27N3O2/c1-18-15-23(19(2)27(18)22-9-4-3-5-10-22)24(28)25-21-8-6-7-20(16-21)17-26-11-13-29-14-12-26/h3-10,15-16H,11-14,17H2,1-2H3,(H,25,28). The van der Waals surface area contributed by atoms with Gasteiger partial charge in [-0.25, -0.2) is 0 Å². The van der Waals surface area contributed by atoms with Crippen LogP contribution >= 0.6 is 0 Å². The summed E-state index contributed by atoms with van der Waals surface area (Å²) in [6, 6.07) is 20.2. The number of hydrogen-bond donors (Lipinski definition) is 1. The molecule has 1 aliphatic rings. The topological polar surface area (TPSA) is 46.5 Å². The van der Waals surface area contributed by atoms with Gasteiger partial charge in [0.05, 0.1) is 18.8 Å². The number of carbonyl (C=O) groups is 1. The van der Waals surface area contributed by atoms with Crippen LogP contribution in [0.15, 0.2) is 60.7 Å². The lowest BCUT2D eigenvalue weighted by molar-refractivity contribution is 0.0342. The zero-order chi connectivity index (χ0) is 20.2. The number of rotatable bonds is 5. The average molecular weight is 389 g/mol. The minimum atomic E-state index is -0.0798. The number of nitrogens with zero attached hydrogens (tertiary/aromatic N) is 2. The number of morpholine rings is 1. The maximum atomic E-state index is 13.0. The molecule has 1 aromatic heterocycles. The summed E-state index contributed by atoms with van der Waals surface area (Å²) in [6.45, 7) is 8.35. The number of ether oxygens (including phenoxy) is 1. The van der Waals surface area contributed by atoms with E-state index in [0.29, 0.717) is 5.56 Å². The molecule has 150 valence electrons. The monoisotopic (exact) mass is 389 g/mol. The highest BCUT2D eigenvalue weighted by atomic mass is 16.5. The summed E-state index contributed by atoms with van der Waals surface area (Å²) in [5.74, 6) is -0.0798. The number of benzene rings is 2. The lowest BCUT2D eigenvalue weighted by Gasteiger charge is -2.26. The van der Waals surface area contributed by atoms with E-state index >= 15 is 0 Å². The molecular formula is C24H27N3O2. The van der Waals surface area contributed by atoms with Crippen LogP contribution in [0.2, 0.25) is 0 Å².